The van der Waals surface area contributed by atoms with Crippen LogP contribution in [0.1, 0.15) is 20.3 Å². The molecule has 0 saturated carbocycles. The van der Waals surface area contributed by atoms with E-state index < -0.39 is 0 Å². The summed E-state index contributed by atoms with van der Waals surface area (Å²) in [5.74, 6) is 1.07. The highest BCUT2D eigenvalue weighted by Gasteiger charge is 2.39. The Hall–Kier alpha value is -1.55. The molecular formula is C16H24N2O2. The number of likely N-dealkylation sites (tertiary alicyclic amines) is 1. The molecule has 1 heterocycles. The van der Waals surface area contributed by atoms with Crippen LogP contribution in [0.15, 0.2) is 30.3 Å². The standard InChI is InChI=1S/C16H24N2O2/c1-3-17-15(19)16(2)9-10-18(13-16)11-12-20-14-7-5-4-6-8-14/h4-8H,3,9-13H2,1-2H3,(H,17,19). The van der Waals surface area contributed by atoms with E-state index in [1.54, 1.807) is 0 Å². The highest BCUT2D eigenvalue weighted by Crippen LogP contribution is 2.29. The smallest absolute Gasteiger partial charge is 0.227 e. The van der Waals surface area contributed by atoms with E-state index in [1.165, 1.54) is 0 Å². The van der Waals surface area contributed by atoms with Crippen LogP contribution in [-0.4, -0.2) is 43.6 Å². The van der Waals surface area contributed by atoms with Crippen LogP contribution in [0.2, 0.25) is 0 Å². The number of rotatable bonds is 6. The Morgan fingerprint density at radius 1 is 1.40 bits per heavy atom. The average Bonchev–Trinajstić information content (AvgIpc) is 2.83. The van der Waals surface area contributed by atoms with Crippen molar-refractivity contribution in [3.63, 3.8) is 0 Å². The van der Waals surface area contributed by atoms with Crippen molar-refractivity contribution in [3.8, 4) is 5.75 Å². The quantitative estimate of drug-likeness (QED) is 0.863. The van der Waals surface area contributed by atoms with E-state index >= 15 is 0 Å². The monoisotopic (exact) mass is 276 g/mol. The lowest BCUT2D eigenvalue weighted by atomic mass is 9.89. The van der Waals surface area contributed by atoms with E-state index in [0.717, 1.165) is 31.8 Å². The van der Waals surface area contributed by atoms with E-state index in [0.29, 0.717) is 13.2 Å². The van der Waals surface area contributed by atoms with Gasteiger partial charge in [0.2, 0.25) is 5.91 Å². The van der Waals surface area contributed by atoms with Crippen LogP contribution in [0.25, 0.3) is 0 Å². The number of carbonyl (C=O) groups excluding carboxylic acids is 1. The lowest BCUT2D eigenvalue weighted by Gasteiger charge is -2.23. The third-order valence-electron chi connectivity index (χ3n) is 3.86. The Bertz CT molecular complexity index is 435. The summed E-state index contributed by atoms with van der Waals surface area (Å²) in [6.45, 7) is 8.02. The molecule has 1 aromatic rings. The maximum atomic E-state index is 12.0. The first-order valence-corrected chi connectivity index (χ1v) is 7.32. The fraction of sp³-hybridized carbons (Fsp3) is 0.562. The molecule has 1 N–H and O–H groups in total. The van der Waals surface area contributed by atoms with Crippen molar-refractivity contribution in [1.82, 2.24) is 10.2 Å². The normalized spacial score (nSPS) is 22.7. The lowest BCUT2D eigenvalue weighted by molar-refractivity contribution is -0.129. The Morgan fingerprint density at radius 2 is 2.15 bits per heavy atom. The van der Waals surface area contributed by atoms with Crippen molar-refractivity contribution in [2.75, 3.05) is 32.8 Å². The first-order valence-electron chi connectivity index (χ1n) is 7.32. The van der Waals surface area contributed by atoms with Gasteiger partial charge in [-0.3, -0.25) is 9.69 Å². The topological polar surface area (TPSA) is 41.6 Å². The summed E-state index contributed by atoms with van der Waals surface area (Å²) in [7, 11) is 0. The van der Waals surface area contributed by atoms with Gasteiger partial charge in [0.1, 0.15) is 12.4 Å². The highest BCUT2D eigenvalue weighted by molar-refractivity contribution is 5.82. The van der Waals surface area contributed by atoms with Crippen LogP contribution in [-0.2, 0) is 4.79 Å². The zero-order valence-corrected chi connectivity index (χ0v) is 12.4. The molecule has 0 spiro atoms. The minimum atomic E-state index is -0.247. The van der Waals surface area contributed by atoms with Gasteiger partial charge >= 0.3 is 0 Å². The molecule has 110 valence electrons. The summed E-state index contributed by atoms with van der Waals surface area (Å²) in [4.78, 5) is 14.3. The Kier molecular flexibility index (Phi) is 5.01. The lowest BCUT2D eigenvalue weighted by Crippen LogP contribution is -2.41. The second kappa shape index (κ2) is 6.75. The maximum Gasteiger partial charge on any atom is 0.227 e. The fourth-order valence-corrected chi connectivity index (χ4v) is 2.62. The summed E-state index contributed by atoms with van der Waals surface area (Å²) in [6.07, 6.45) is 0.921. The van der Waals surface area contributed by atoms with Crippen molar-refractivity contribution in [1.29, 1.82) is 0 Å². The molecule has 1 fully saturated rings. The summed E-state index contributed by atoms with van der Waals surface area (Å²) < 4.78 is 5.70. The Labute approximate surface area is 121 Å². The summed E-state index contributed by atoms with van der Waals surface area (Å²) in [6, 6.07) is 9.84. The van der Waals surface area contributed by atoms with Crippen LogP contribution in [0.5, 0.6) is 5.75 Å². The van der Waals surface area contributed by atoms with E-state index in [4.69, 9.17) is 4.74 Å². The van der Waals surface area contributed by atoms with Gasteiger partial charge in [0.15, 0.2) is 0 Å². The molecule has 2 rings (SSSR count). The Balaban J connectivity index is 1.75. The van der Waals surface area contributed by atoms with Crippen molar-refractivity contribution in [2.45, 2.75) is 20.3 Å². The maximum absolute atomic E-state index is 12.0. The number of nitrogens with zero attached hydrogens (tertiary/aromatic N) is 1. The largest absolute Gasteiger partial charge is 0.492 e. The van der Waals surface area contributed by atoms with Crippen LogP contribution >= 0.6 is 0 Å². The summed E-state index contributed by atoms with van der Waals surface area (Å²) >= 11 is 0. The number of hydrogen-bond donors (Lipinski definition) is 1. The van der Waals surface area contributed by atoms with Crippen molar-refractivity contribution >= 4 is 5.91 Å². The average molecular weight is 276 g/mol. The van der Waals surface area contributed by atoms with E-state index in [2.05, 4.69) is 17.1 Å². The van der Waals surface area contributed by atoms with Crippen molar-refractivity contribution < 1.29 is 9.53 Å². The molecule has 4 heteroatoms. The number of amides is 1. The van der Waals surface area contributed by atoms with Crippen molar-refractivity contribution in [2.24, 2.45) is 5.41 Å². The first kappa shape index (κ1) is 14.9. The predicted molar refractivity (Wildman–Crippen MR) is 79.8 cm³/mol. The van der Waals surface area contributed by atoms with E-state index in [9.17, 15) is 4.79 Å². The predicted octanol–water partition coefficient (Wildman–Crippen LogP) is 1.91. The molecule has 4 nitrogen and oxygen atoms in total. The third-order valence-corrected chi connectivity index (χ3v) is 3.86. The molecule has 1 aliphatic heterocycles. The summed E-state index contributed by atoms with van der Waals surface area (Å²) in [5.41, 5.74) is -0.247. The highest BCUT2D eigenvalue weighted by atomic mass is 16.5. The van der Waals surface area contributed by atoms with Gasteiger partial charge in [-0.1, -0.05) is 18.2 Å². The molecular weight excluding hydrogens is 252 g/mol. The molecule has 1 unspecified atom stereocenters. The van der Waals surface area contributed by atoms with Crippen LogP contribution in [0, 0.1) is 5.41 Å². The van der Waals surface area contributed by atoms with Gasteiger partial charge < -0.3 is 10.1 Å². The van der Waals surface area contributed by atoms with Gasteiger partial charge in [-0.05, 0) is 38.9 Å². The number of benzene rings is 1. The van der Waals surface area contributed by atoms with Crippen LogP contribution < -0.4 is 10.1 Å². The molecule has 0 aliphatic carbocycles. The first-order chi connectivity index (χ1) is 9.64. The minimum Gasteiger partial charge on any atom is -0.492 e. The van der Waals surface area contributed by atoms with Gasteiger partial charge in [-0.15, -0.1) is 0 Å². The SMILES string of the molecule is CCNC(=O)C1(C)CCN(CCOc2ccccc2)C1. The molecule has 1 atom stereocenters. The second-order valence-electron chi connectivity index (χ2n) is 5.61. The molecule has 1 amide bonds. The van der Waals surface area contributed by atoms with Crippen LogP contribution in [0.4, 0.5) is 0 Å². The molecule has 0 radical (unpaired) electrons. The zero-order chi connectivity index (χ0) is 14.4. The molecule has 1 aliphatic rings. The van der Waals surface area contributed by atoms with E-state index in [-0.39, 0.29) is 11.3 Å². The van der Waals surface area contributed by atoms with Gasteiger partial charge in [-0.25, -0.2) is 0 Å². The third kappa shape index (κ3) is 3.73. The number of nitrogens with one attached hydrogen (secondary N) is 1. The van der Waals surface area contributed by atoms with E-state index in [1.807, 2.05) is 37.3 Å². The molecule has 0 bridgehead atoms. The molecule has 20 heavy (non-hydrogen) atoms. The number of ether oxygens (including phenoxy) is 1. The molecule has 1 aromatic carbocycles. The second-order valence-corrected chi connectivity index (χ2v) is 5.61. The fourth-order valence-electron chi connectivity index (χ4n) is 2.62. The van der Waals surface area contributed by atoms with Crippen LogP contribution in [0.3, 0.4) is 0 Å². The molecule has 1 saturated heterocycles. The molecule has 0 aromatic heterocycles. The van der Waals surface area contributed by atoms with Gasteiger partial charge in [0.25, 0.3) is 0 Å². The number of hydrogen-bond acceptors (Lipinski definition) is 3. The van der Waals surface area contributed by atoms with Gasteiger partial charge in [0.05, 0.1) is 5.41 Å². The van der Waals surface area contributed by atoms with Gasteiger partial charge in [-0.2, -0.15) is 0 Å². The van der Waals surface area contributed by atoms with Crippen molar-refractivity contribution in [3.05, 3.63) is 30.3 Å². The number of para-hydroxylation sites is 1. The zero-order valence-electron chi connectivity index (χ0n) is 12.4. The Morgan fingerprint density at radius 3 is 2.85 bits per heavy atom. The number of carbonyl (C=O) groups is 1. The minimum absolute atomic E-state index is 0.173. The van der Waals surface area contributed by atoms with Gasteiger partial charge in [0, 0.05) is 19.6 Å². The summed E-state index contributed by atoms with van der Waals surface area (Å²) in [5, 5.41) is 2.93.